The molecule has 1 unspecified atom stereocenters. The highest BCUT2D eigenvalue weighted by atomic mass is 35.5. The number of likely N-dealkylation sites (N-methyl/N-ethyl adjacent to an activating group) is 1. The zero-order valence-corrected chi connectivity index (χ0v) is 12.0. The Morgan fingerprint density at radius 3 is 2.68 bits per heavy atom. The van der Waals surface area contributed by atoms with Crippen LogP contribution in [0.15, 0.2) is 18.2 Å². The Bertz CT molecular complexity index is 435. The van der Waals surface area contributed by atoms with Gasteiger partial charge in [-0.05, 0) is 30.8 Å². The fraction of sp³-hybridized carbons (Fsp3) is 0.571. The number of hydrogen-bond acceptors (Lipinski definition) is 3. The topological polar surface area (TPSA) is 30.5 Å². The van der Waals surface area contributed by atoms with Gasteiger partial charge in [-0.3, -0.25) is 0 Å². The average molecular weight is 288 g/mol. The standard InChI is InChI=1S/C14H19ClFNO2/c1-17-13(11-9-10(16)3-4-12(11)15)14(18-2)5-7-19-8-6-14/h3-4,9,13,17H,5-8H2,1-2H3. The molecule has 19 heavy (non-hydrogen) atoms. The second-order valence-corrected chi connectivity index (χ2v) is 5.18. The normalized spacial score (nSPS) is 20.2. The Hall–Kier alpha value is -0.680. The zero-order valence-electron chi connectivity index (χ0n) is 11.2. The molecule has 0 aliphatic carbocycles. The summed E-state index contributed by atoms with van der Waals surface area (Å²) in [4.78, 5) is 0. The summed E-state index contributed by atoms with van der Waals surface area (Å²) in [6, 6.07) is 4.26. The molecule has 1 aromatic carbocycles. The first-order valence-electron chi connectivity index (χ1n) is 6.38. The third-order valence-electron chi connectivity index (χ3n) is 3.83. The Balaban J connectivity index is 2.39. The molecular weight excluding hydrogens is 269 g/mol. The van der Waals surface area contributed by atoms with Crippen molar-refractivity contribution in [1.29, 1.82) is 0 Å². The van der Waals surface area contributed by atoms with E-state index in [0.29, 0.717) is 18.2 Å². The van der Waals surface area contributed by atoms with Gasteiger partial charge in [0.15, 0.2) is 0 Å². The molecule has 1 aromatic rings. The molecular formula is C14H19ClFNO2. The van der Waals surface area contributed by atoms with E-state index in [4.69, 9.17) is 21.1 Å². The molecule has 0 spiro atoms. The van der Waals surface area contributed by atoms with Gasteiger partial charge in [-0.15, -0.1) is 0 Å². The van der Waals surface area contributed by atoms with Crippen LogP contribution >= 0.6 is 11.6 Å². The molecule has 1 heterocycles. The maximum absolute atomic E-state index is 13.5. The van der Waals surface area contributed by atoms with Gasteiger partial charge in [0.1, 0.15) is 5.82 Å². The SMILES string of the molecule is CNC(c1cc(F)ccc1Cl)C1(OC)CCOCC1. The molecule has 1 fully saturated rings. The minimum Gasteiger partial charge on any atom is -0.381 e. The fourth-order valence-corrected chi connectivity index (χ4v) is 2.99. The zero-order chi connectivity index (χ0) is 13.9. The Labute approximate surface area is 118 Å². The average Bonchev–Trinajstić information content (AvgIpc) is 2.44. The quantitative estimate of drug-likeness (QED) is 0.924. The number of methoxy groups -OCH3 is 1. The summed E-state index contributed by atoms with van der Waals surface area (Å²) in [6.45, 7) is 1.28. The van der Waals surface area contributed by atoms with E-state index in [1.54, 1.807) is 13.2 Å². The monoisotopic (exact) mass is 287 g/mol. The fourth-order valence-electron chi connectivity index (χ4n) is 2.77. The highest BCUT2D eigenvalue weighted by molar-refractivity contribution is 6.31. The van der Waals surface area contributed by atoms with Gasteiger partial charge in [-0.25, -0.2) is 4.39 Å². The Morgan fingerprint density at radius 2 is 2.11 bits per heavy atom. The van der Waals surface area contributed by atoms with E-state index in [1.807, 2.05) is 7.05 Å². The van der Waals surface area contributed by atoms with Crippen LogP contribution in [-0.4, -0.2) is 33.0 Å². The summed E-state index contributed by atoms with van der Waals surface area (Å²) in [5.74, 6) is -0.294. The lowest BCUT2D eigenvalue weighted by Crippen LogP contribution is -2.48. The summed E-state index contributed by atoms with van der Waals surface area (Å²) >= 11 is 6.21. The highest BCUT2D eigenvalue weighted by Crippen LogP contribution is 2.39. The smallest absolute Gasteiger partial charge is 0.123 e. The molecule has 1 atom stereocenters. The number of ether oxygens (including phenoxy) is 2. The van der Waals surface area contributed by atoms with Gasteiger partial charge in [-0.2, -0.15) is 0 Å². The van der Waals surface area contributed by atoms with Gasteiger partial charge in [0, 0.05) is 38.2 Å². The summed E-state index contributed by atoms with van der Waals surface area (Å²) in [7, 11) is 3.52. The van der Waals surface area contributed by atoms with Crippen LogP contribution in [0.4, 0.5) is 4.39 Å². The van der Waals surface area contributed by atoms with E-state index in [0.717, 1.165) is 18.4 Å². The van der Waals surface area contributed by atoms with Crippen molar-refractivity contribution in [1.82, 2.24) is 5.32 Å². The van der Waals surface area contributed by atoms with E-state index >= 15 is 0 Å². The second kappa shape index (κ2) is 6.18. The first kappa shape index (κ1) is 14.7. The molecule has 0 aromatic heterocycles. The molecule has 0 saturated carbocycles. The summed E-state index contributed by atoms with van der Waals surface area (Å²) < 4.78 is 24.6. The van der Waals surface area contributed by atoms with Crippen molar-refractivity contribution < 1.29 is 13.9 Å². The third-order valence-corrected chi connectivity index (χ3v) is 4.17. The van der Waals surface area contributed by atoms with Gasteiger partial charge < -0.3 is 14.8 Å². The predicted molar refractivity (Wildman–Crippen MR) is 73.0 cm³/mol. The van der Waals surface area contributed by atoms with Crippen molar-refractivity contribution in [3.8, 4) is 0 Å². The largest absolute Gasteiger partial charge is 0.381 e. The van der Waals surface area contributed by atoms with Crippen LogP contribution in [0.5, 0.6) is 0 Å². The van der Waals surface area contributed by atoms with Crippen molar-refractivity contribution in [3.63, 3.8) is 0 Å². The third kappa shape index (κ3) is 2.92. The number of nitrogens with one attached hydrogen (secondary N) is 1. The molecule has 1 aliphatic heterocycles. The van der Waals surface area contributed by atoms with Crippen LogP contribution in [0.1, 0.15) is 24.4 Å². The van der Waals surface area contributed by atoms with E-state index in [-0.39, 0.29) is 11.9 Å². The highest BCUT2D eigenvalue weighted by Gasteiger charge is 2.41. The molecule has 1 saturated heterocycles. The number of benzene rings is 1. The lowest BCUT2D eigenvalue weighted by Gasteiger charge is -2.42. The molecule has 1 aliphatic rings. The maximum Gasteiger partial charge on any atom is 0.123 e. The molecule has 2 rings (SSSR count). The first-order valence-corrected chi connectivity index (χ1v) is 6.76. The van der Waals surface area contributed by atoms with E-state index < -0.39 is 5.60 Å². The van der Waals surface area contributed by atoms with Crippen LogP contribution in [-0.2, 0) is 9.47 Å². The summed E-state index contributed by atoms with van der Waals surface area (Å²) in [6.07, 6.45) is 1.50. The van der Waals surface area contributed by atoms with Crippen LogP contribution in [0.2, 0.25) is 5.02 Å². The van der Waals surface area contributed by atoms with E-state index in [2.05, 4.69) is 5.32 Å². The van der Waals surface area contributed by atoms with Crippen molar-refractivity contribution in [3.05, 3.63) is 34.6 Å². The predicted octanol–water partition coefficient (Wildman–Crippen LogP) is 2.94. The first-order chi connectivity index (χ1) is 9.13. The minimum atomic E-state index is -0.412. The van der Waals surface area contributed by atoms with Gasteiger partial charge in [0.25, 0.3) is 0 Å². The van der Waals surface area contributed by atoms with Crippen LogP contribution < -0.4 is 5.32 Å². The van der Waals surface area contributed by atoms with Gasteiger partial charge >= 0.3 is 0 Å². The molecule has 0 bridgehead atoms. The van der Waals surface area contributed by atoms with Gasteiger partial charge in [0.05, 0.1) is 11.6 Å². The van der Waals surface area contributed by atoms with Gasteiger partial charge in [0.2, 0.25) is 0 Å². The van der Waals surface area contributed by atoms with Crippen molar-refractivity contribution in [2.75, 3.05) is 27.4 Å². The molecule has 5 heteroatoms. The molecule has 0 amide bonds. The second-order valence-electron chi connectivity index (χ2n) is 4.77. The van der Waals surface area contributed by atoms with E-state index in [9.17, 15) is 4.39 Å². The Morgan fingerprint density at radius 1 is 1.42 bits per heavy atom. The van der Waals surface area contributed by atoms with Crippen molar-refractivity contribution >= 4 is 11.6 Å². The molecule has 3 nitrogen and oxygen atoms in total. The summed E-state index contributed by atoms with van der Waals surface area (Å²) in [5.41, 5.74) is 0.317. The van der Waals surface area contributed by atoms with Crippen molar-refractivity contribution in [2.45, 2.75) is 24.5 Å². The molecule has 1 N–H and O–H groups in total. The van der Waals surface area contributed by atoms with Crippen LogP contribution in [0.25, 0.3) is 0 Å². The van der Waals surface area contributed by atoms with Gasteiger partial charge in [-0.1, -0.05) is 11.6 Å². The van der Waals surface area contributed by atoms with Crippen LogP contribution in [0, 0.1) is 5.82 Å². The maximum atomic E-state index is 13.5. The van der Waals surface area contributed by atoms with Crippen LogP contribution in [0.3, 0.4) is 0 Å². The van der Waals surface area contributed by atoms with Crippen molar-refractivity contribution in [2.24, 2.45) is 0 Å². The number of hydrogen-bond donors (Lipinski definition) is 1. The Kier molecular flexibility index (Phi) is 4.79. The summed E-state index contributed by atoms with van der Waals surface area (Å²) in [5, 5.41) is 3.76. The molecule has 106 valence electrons. The van der Waals surface area contributed by atoms with E-state index in [1.165, 1.54) is 12.1 Å². The number of rotatable bonds is 4. The number of halogens is 2. The molecule has 0 radical (unpaired) electrons. The lowest BCUT2D eigenvalue weighted by atomic mass is 9.82. The lowest BCUT2D eigenvalue weighted by molar-refractivity contribution is -0.110. The minimum absolute atomic E-state index is 0.162.